The normalized spacial score (nSPS) is 22.1. The number of hydrogen-bond donors (Lipinski definition) is 0. The van der Waals surface area contributed by atoms with Gasteiger partial charge in [-0.25, -0.2) is 0 Å². The van der Waals surface area contributed by atoms with Crippen LogP contribution < -0.4 is 4.74 Å². The van der Waals surface area contributed by atoms with E-state index in [4.69, 9.17) is 9.47 Å². The SMILES string of the molecule is COC(=O)[C@H]1CC[C@@H](Oc2ccc(C(C)=O)cc2)CC1. The Labute approximate surface area is 119 Å². The van der Waals surface area contributed by atoms with E-state index in [1.165, 1.54) is 7.11 Å². The minimum Gasteiger partial charge on any atom is -0.490 e. The van der Waals surface area contributed by atoms with E-state index >= 15 is 0 Å². The summed E-state index contributed by atoms with van der Waals surface area (Å²) in [4.78, 5) is 22.6. The summed E-state index contributed by atoms with van der Waals surface area (Å²) in [5, 5.41) is 0. The lowest BCUT2D eigenvalue weighted by Crippen LogP contribution is -2.28. The summed E-state index contributed by atoms with van der Waals surface area (Å²) in [5.41, 5.74) is 0.687. The van der Waals surface area contributed by atoms with Gasteiger partial charge in [-0.2, -0.15) is 0 Å². The summed E-state index contributed by atoms with van der Waals surface area (Å²) in [6, 6.07) is 7.20. The molecular formula is C16H20O4. The van der Waals surface area contributed by atoms with E-state index in [1.807, 2.05) is 12.1 Å². The number of carbonyl (C=O) groups is 2. The van der Waals surface area contributed by atoms with Crippen LogP contribution in [0.25, 0.3) is 0 Å². The molecular weight excluding hydrogens is 256 g/mol. The zero-order valence-electron chi connectivity index (χ0n) is 11.9. The van der Waals surface area contributed by atoms with Gasteiger partial charge in [0.1, 0.15) is 5.75 Å². The van der Waals surface area contributed by atoms with Crippen LogP contribution in [0.1, 0.15) is 43.0 Å². The maximum Gasteiger partial charge on any atom is 0.308 e. The molecule has 0 aliphatic heterocycles. The molecule has 0 aromatic heterocycles. The Hall–Kier alpha value is -1.84. The molecule has 1 aromatic carbocycles. The van der Waals surface area contributed by atoms with Crippen LogP contribution in [-0.4, -0.2) is 25.0 Å². The molecule has 0 spiro atoms. The number of carbonyl (C=O) groups excluding carboxylic acids is 2. The van der Waals surface area contributed by atoms with Crippen molar-refractivity contribution in [2.24, 2.45) is 5.92 Å². The maximum absolute atomic E-state index is 11.4. The summed E-state index contributed by atoms with van der Waals surface area (Å²) >= 11 is 0. The van der Waals surface area contributed by atoms with Crippen LogP contribution >= 0.6 is 0 Å². The Bertz CT molecular complexity index is 470. The molecule has 0 saturated heterocycles. The standard InChI is InChI=1S/C16H20O4/c1-11(17)12-3-7-14(8-4-12)20-15-9-5-13(6-10-15)16(18)19-2/h3-4,7-8,13,15H,5-6,9-10H2,1-2H3/t13-,15+. The number of methoxy groups -OCH3 is 1. The topological polar surface area (TPSA) is 52.6 Å². The molecule has 2 rings (SSSR count). The number of hydrogen-bond acceptors (Lipinski definition) is 4. The lowest BCUT2D eigenvalue weighted by molar-refractivity contribution is -0.147. The van der Waals surface area contributed by atoms with Crippen LogP contribution in [0.3, 0.4) is 0 Å². The van der Waals surface area contributed by atoms with Crippen molar-refractivity contribution in [1.82, 2.24) is 0 Å². The van der Waals surface area contributed by atoms with Crippen LogP contribution in [0.15, 0.2) is 24.3 Å². The highest BCUT2D eigenvalue weighted by molar-refractivity contribution is 5.94. The van der Waals surface area contributed by atoms with Crippen molar-refractivity contribution in [1.29, 1.82) is 0 Å². The molecule has 4 nitrogen and oxygen atoms in total. The number of rotatable bonds is 4. The Morgan fingerprint density at radius 1 is 1.05 bits per heavy atom. The van der Waals surface area contributed by atoms with Gasteiger partial charge < -0.3 is 9.47 Å². The Balaban J connectivity index is 1.86. The minimum atomic E-state index is -0.116. The van der Waals surface area contributed by atoms with Crippen molar-refractivity contribution < 1.29 is 19.1 Å². The molecule has 0 amide bonds. The predicted octanol–water partition coefficient (Wildman–Crippen LogP) is 3.00. The van der Waals surface area contributed by atoms with E-state index in [2.05, 4.69) is 0 Å². The molecule has 20 heavy (non-hydrogen) atoms. The van der Waals surface area contributed by atoms with Gasteiger partial charge in [-0.15, -0.1) is 0 Å². The third kappa shape index (κ3) is 3.59. The number of benzene rings is 1. The first-order valence-electron chi connectivity index (χ1n) is 6.95. The fraction of sp³-hybridized carbons (Fsp3) is 0.500. The van der Waals surface area contributed by atoms with Gasteiger partial charge in [0.25, 0.3) is 0 Å². The van der Waals surface area contributed by atoms with Crippen molar-refractivity contribution in [2.75, 3.05) is 7.11 Å². The average Bonchev–Trinajstić information content (AvgIpc) is 2.48. The van der Waals surface area contributed by atoms with Crippen LogP contribution in [0.2, 0.25) is 0 Å². The van der Waals surface area contributed by atoms with Crippen LogP contribution in [-0.2, 0) is 9.53 Å². The fourth-order valence-electron chi connectivity index (χ4n) is 2.54. The number of esters is 1. The Morgan fingerprint density at radius 2 is 1.65 bits per heavy atom. The first-order chi connectivity index (χ1) is 9.60. The minimum absolute atomic E-state index is 0.0138. The third-order valence-electron chi connectivity index (χ3n) is 3.77. The fourth-order valence-corrected chi connectivity index (χ4v) is 2.54. The zero-order valence-corrected chi connectivity index (χ0v) is 11.9. The molecule has 0 heterocycles. The van der Waals surface area contributed by atoms with E-state index < -0.39 is 0 Å². The highest BCUT2D eigenvalue weighted by Crippen LogP contribution is 2.28. The number of Topliss-reactive ketones (excluding diaryl/α,β-unsaturated/α-hetero) is 1. The molecule has 0 radical (unpaired) electrons. The van der Waals surface area contributed by atoms with Crippen LogP contribution in [0.5, 0.6) is 5.75 Å². The second kappa shape index (κ2) is 6.55. The largest absolute Gasteiger partial charge is 0.490 e. The first kappa shape index (κ1) is 14.6. The van der Waals surface area contributed by atoms with Crippen molar-refractivity contribution in [2.45, 2.75) is 38.7 Å². The lowest BCUT2D eigenvalue weighted by atomic mass is 9.87. The van der Waals surface area contributed by atoms with Crippen molar-refractivity contribution in [3.05, 3.63) is 29.8 Å². The van der Waals surface area contributed by atoms with Crippen LogP contribution in [0.4, 0.5) is 0 Å². The zero-order chi connectivity index (χ0) is 14.5. The molecule has 0 bridgehead atoms. The van der Waals surface area contributed by atoms with Gasteiger partial charge in [0.2, 0.25) is 0 Å². The summed E-state index contributed by atoms with van der Waals surface area (Å²) in [6.45, 7) is 1.55. The van der Waals surface area contributed by atoms with E-state index in [0.29, 0.717) is 5.56 Å². The van der Waals surface area contributed by atoms with Crippen LogP contribution in [0, 0.1) is 5.92 Å². The molecule has 1 aliphatic rings. The summed E-state index contributed by atoms with van der Waals surface area (Å²) in [7, 11) is 1.43. The molecule has 1 fully saturated rings. The van der Waals surface area contributed by atoms with E-state index in [-0.39, 0.29) is 23.8 Å². The third-order valence-corrected chi connectivity index (χ3v) is 3.77. The van der Waals surface area contributed by atoms with Gasteiger partial charge in [-0.3, -0.25) is 9.59 Å². The highest BCUT2D eigenvalue weighted by Gasteiger charge is 2.27. The van der Waals surface area contributed by atoms with E-state index in [1.54, 1.807) is 19.1 Å². The van der Waals surface area contributed by atoms with Gasteiger partial charge in [0.05, 0.1) is 19.1 Å². The highest BCUT2D eigenvalue weighted by atomic mass is 16.5. The number of ketones is 1. The smallest absolute Gasteiger partial charge is 0.308 e. The monoisotopic (exact) mass is 276 g/mol. The molecule has 1 aliphatic carbocycles. The second-order valence-electron chi connectivity index (χ2n) is 5.20. The summed E-state index contributed by atoms with van der Waals surface area (Å²) in [6.07, 6.45) is 3.47. The molecule has 4 heteroatoms. The predicted molar refractivity (Wildman–Crippen MR) is 74.8 cm³/mol. The Kier molecular flexibility index (Phi) is 4.77. The average molecular weight is 276 g/mol. The molecule has 0 unspecified atom stereocenters. The lowest BCUT2D eigenvalue weighted by Gasteiger charge is -2.27. The van der Waals surface area contributed by atoms with Crippen molar-refractivity contribution in [3.8, 4) is 5.75 Å². The number of ether oxygens (including phenoxy) is 2. The molecule has 108 valence electrons. The van der Waals surface area contributed by atoms with E-state index in [0.717, 1.165) is 31.4 Å². The van der Waals surface area contributed by atoms with Gasteiger partial charge in [-0.05, 0) is 56.9 Å². The van der Waals surface area contributed by atoms with Gasteiger partial charge in [0.15, 0.2) is 5.78 Å². The summed E-state index contributed by atoms with van der Waals surface area (Å²) in [5.74, 6) is 0.723. The van der Waals surface area contributed by atoms with Gasteiger partial charge >= 0.3 is 5.97 Å². The quantitative estimate of drug-likeness (QED) is 0.626. The Morgan fingerprint density at radius 3 is 2.15 bits per heavy atom. The van der Waals surface area contributed by atoms with Gasteiger partial charge in [-0.1, -0.05) is 0 Å². The summed E-state index contributed by atoms with van der Waals surface area (Å²) < 4.78 is 10.7. The maximum atomic E-state index is 11.4. The second-order valence-corrected chi connectivity index (χ2v) is 5.20. The van der Waals surface area contributed by atoms with Gasteiger partial charge in [0, 0.05) is 5.56 Å². The molecule has 1 aromatic rings. The van der Waals surface area contributed by atoms with Crippen molar-refractivity contribution >= 4 is 11.8 Å². The molecule has 1 saturated carbocycles. The van der Waals surface area contributed by atoms with E-state index in [9.17, 15) is 9.59 Å². The molecule has 0 atom stereocenters. The van der Waals surface area contributed by atoms with Crippen molar-refractivity contribution in [3.63, 3.8) is 0 Å². The molecule has 0 N–H and O–H groups in total. The first-order valence-corrected chi connectivity index (χ1v) is 6.95.